The third-order valence-corrected chi connectivity index (χ3v) is 6.57. The number of aryl methyl sites for hydroxylation is 1. The van der Waals surface area contributed by atoms with Gasteiger partial charge in [-0.1, -0.05) is 18.2 Å². The van der Waals surface area contributed by atoms with Crippen molar-refractivity contribution in [3.63, 3.8) is 0 Å². The number of ether oxygens (including phenoxy) is 3. The molecule has 0 aliphatic rings. The second-order valence-corrected chi connectivity index (χ2v) is 10.5. The number of para-hydroxylation sites is 1. The molecule has 5 aromatic rings. The lowest BCUT2D eigenvalue weighted by atomic mass is 10.0. The van der Waals surface area contributed by atoms with Gasteiger partial charge in [-0.15, -0.1) is 0 Å². The average molecular weight is 543 g/mol. The van der Waals surface area contributed by atoms with Gasteiger partial charge in [-0.25, -0.2) is 14.4 Å². The number of aromatic amines is 1. The molecule has 9 heteroatoms. The number of alkyl carbamates (subject to hydrolysis) is 1. The summed E-state index contributed by atoms with van der Waals surface area (Å²) in [7, 11) is 1.53. The maximum absolute atomic E-state index is 13.5. The smallest absolute Gasteiger partial charge is 0.408 e. The molecule has 1 unspecified atom stereocenters. The van der Waals surface area contributed by atoms with Gasteiger partial charge >= 0.3 is 17.7 Å². The van der Waals surface area contributed by atoms with Gasteiger partial charge < -0.3 is 28.9 Å². The van der Waals surface area contributed by atoms with E-state index in [0.29, 0.717) is 33.1 Å². The monoisotopic (exact) mass is 542 g/mol. The molecule has 0 fully saturated rings. The lowest BCUT2D eigenvalue weighted by Gasteiger charge is -2.23. The molecule has 1 atom stereocenters. The summed E-state index contributed by atoms with van der Waals surface area (Å²) in [5, 5.41) is 5.36. The number of methoxy groups -OCH3 is 1. The van der Waals surface area contributed by atoms with Crippen LogP contribution in [0.25, 0.3) is 32.6 Å². The van der Waals surface area contributed by atoms with Crippen molar-refractivity contribution in [2.24, 2.45) is 0 Å². The molecular weight excluding hydrogens is 512 g/mol. The Hall–Kier alpha value is -4.79. The zero-order chi connectivity index (χ0) is 28.6. The summed E-state index contributed by atoms with van der Waals surface area (Å²) in [6, 6.07) is 15.2. The number of aromatic nitrogens is 1. The fourth-order valence-corrected chi connectivity index (χ4v) is 4.67. The summed E-state index contributed by atoms with van der Waals surface area (Å²) >= 11 is 0. The number of benzene rings is 3. The van der Waals surface area contributed by atoms with E-state index in [1.807, 2.05) is 24.3 Å². The van der Waals surface area contributed by atoms with Gasteiger partial charge in [-0.2, -0.15) is 0 Å². The number of H-pyrrole nitrogens is 1. The Kier molecular flexibility index (Phi) is 6.97. The highest BCUT2D eigenvalue weighted by Gasteiger charge is 2.28. The molecule has 3 aromatic carbocycles. The fourth-order valence-electron chi connectivity index (χ4n) is 4.67. The van der Waals surface area contributed by atoms with Gasteiger partial charge in [0.05, 0.1) is 12.5 Å². The molecule has 0 saturated carbocycles. The third kappa shape index (κ3) is 5.36. The van der Waals surface area contributed by atoms with Crippen LogP contribution in [0.15, 0.2) is 70.0 Å². The highest BCUT2D eigenvalue weighted by Crippen LogP contribution is 2.32. The largest absolute Gasteiger partial charge is 0.497 e. The van der Waals surface area contributed by atoms with Crippen molar-refractivity contribution in [1.29, 1.82) is 0 Å². The van der Waals surface area contributed by atoms with Crippen molar-refractivity contribution in [1.82, 2.24) is 10.3 Å². The van der Waals surface area contributed by atoms with Crippen molar-refractivity contribution in [2.45, 2.75) is 45.8 Å². The summed E-state index contributed by atoms with van der Waals surface area (Å²) < 4.78 is 22.1. The van der Waals surface area contributed by atoms with Crippen molar-refractivity contribution in [3.8, 4) is 11.5 Å². The molecule has 2 aromatic heterocycles. The Morgan fingerprint density at radius 2 is 1.75 bits per heavy atom. The molecule has 0 radical (unpaired) electrons. The first kappa shape index (κ1) is 26.8. The fraction of sp³-hybridized carbons (Fsp3) is 0.258. The molecule has 2 heterocycles. The number of carbonyl (C=O) groups is 2. The molecule has 9 nitrogen and oxygen atoms in total. The van der Waals surface area contributed by atoms with Gasteiger partial charge in [0.2, 0.25) is 0 Å². The van der Waals surface area contributed by atoms with Crippen LogP contribution in [0.5, 0.6) is 11.5 Å². The quantitative estimate of drug-likeness (QED) is 0.121. The van der Waals surface area contributed by atoms with Gasteiger partial charge in [0.25, 0.3) is 0 Å². The van der Waals surface area contributed by atoms with E-state index in [4.69, 9.17) is 18.6 Å². The number of hydrogen-bond acceptors (Lipinski definition) is 7. The molecular formula is C31H30N2O7. The lowest BCUT2D eigenvalue weighted by Crippen LogP contribution is -2.46. The first-order valence-electron chi connectivity index (χ1n) is 12.8. The van der Waals surface area contributed by atoms with Gasteiger partial charge in [-0.3, -0.25) is 0 Å². The van der Waals surface area contributed by atoms with Crippen molar-refractivity contribution in [3.05, 3.63) is 82.3 Å². The first-order chi connectivity index (χ1) is 19.0. The highest BCUT2D eigenvalue weighted by molar-refractivity contribution is 6.06. The number of hydrogen-bond donors (Lipinski definition) is 2. The molecule has 206 valence electrons. The van der Waals surface area contributed by atoms with Crippen molar-refractivity contribution in [2.75, 3.05) is 7.11 Å². The van der Waals surface area contributed by atoms with Crippen LogP contribution in [0.2, 0.25) is 0 Å². The van der Waals surface area contributed by atoms with Crippen LogP contribution >= 0.6 is 0 Å². The minimum Gasteiger partial charge on any atom is -0.497 e. The first-order valence-corrected chi connectivity index (χ1v) is 12.8. The summed E-state index contributed by atoms with van der Waals surface area (Å²) in [4.78, 5) is 42.1. The highest BCUT2D eigenvalue weighted by atomic mass is 16.6. The minimum absolute atomic E-state index is 0.163. The van der Waals surface area contributed by atoms with Crippen molar-refractivity contribution < 1.29 is 28.2 Å². The molecule has 0 bridgehead atoms. The van der Waals surface area contributed by atoms with Crippen molar-refractivity contribution >= 4 is 44.7 Å². The van der Waals surface area contributed by atoms with Gasteiger partial charge in [0.15, 0.2) is 0 Å². The normalized spacial score (nSPS) is 12.4. The van der Waals surface area contributed by atoms with Crippen LogP contribution in [-0.4, -0.2) is 35.8 Å². The summed E-state index contributed by atoms with van der Waals surface area (Å²) in [5.74, 6) is 0.0649. The number of esters is 1. The number of nitrogens with one attached hydrogen (secondary N) is 2. The van der Waals surface area contributed by atoms with E-state index in [1.165, 1.54) is 7.11 Å². The van der Waals surface area contributed by atoms with Crippen LogP contribution < -0.4 is 20.4 Å². The number of rotatable bonds is 6. The zero-order valence-electron chi connectivity index (χ0n) is 22.9. The van der Waals surface area contributed by atoms with Crippen LogP contribution in [-0.2, 0) is 16.0 Å². The van der Waals surface area contributed by atoms with Gasteiger partial charge in [0, 0.05) is 39.9 Å². The molecule has 0 saturated heterocycles. The second-order valence-electron chi connectivity index (χ2n) is 10.5. The maximum atomic E-state index is 13.5. The van der Waals surface area contributed by atoms with Crippen LogP contribution in [0.3, 0.4) is 0 Å². The summed E-state index contributed by atoms with van der Waals surface area (Å²) in [6.45, 7) is 6.93. The minimum atomic E-state index is -1.06. The topological polar surface area (TPSA) is 120 Å². The molecule has 40 heavy (non-hydrogen) atoms. The summed E-state index contributed by atoms with van der Waals surface area (Å²) in [6.07, 6.45) is 1.23. The predicted octanol–water partition coefficient (Wildman–Crippen LogP) is 5.79. The second kappa shape index (κ2) is 10.4. The van der Waals surface area contributed by atoms with E-state index in [0.717, 1.165) is 16.5 Å². The van der Waals surface area contributed by atoms with Gasteiger partial charge in [0.1, 0.15) is 28.7 Å². The molecule has 0 spiro atoms. The molecule has 0 aliphatic heterocycles. The van der Waals surface area contributed by atoms with E-state index in [-0.39, 0.29) is 12.2 Å². The molecule has 0 aliphatic carbocycles. The Balaban J connectivity index is 1.48. The van der Waals surface area contributed by atoms with Crippen LogP contribution in [0.1, 0.15) is 31.9 Å². The third-order valence-electron chi connectivity index (χ3n) is 6.57. The van der Waals surface area contributed by atoms with E-state index >= 15 is 0 Å². The van der Waals surface area contributed by atoms with Crippen LogP contribution in [0.4, 0.5) is 4.79 Å². The Labute approximate surface area is 230 Å². The standard InChI is InChI=1S/C31H30N2O7/c1-17-26(13-12-22-21-11-10-19(37-5)15-23(21)28(34)39-27(17)22)38-29(35)25(33-30(36)40-31(2,3)4)14-18-16-32-24-9-7-6-8-20(18)24/h6-13,15-16,25,32H,14H2,1-5H3,(H,33,36). The van der Waals surface area contributed by atoms with E-state index < -0.39 is 29.3 Å². The van der Waals surface area contributed by atoms with E-state index in [1.54, 1.807) is 64.2 Å². The number of fused-ring (bicyclic) bond motifs is 4. The SMILES string of the molecule is COc1ccc2c(c1)c(=O)oc1c(C)c(OC(=O)C(Cc3c[nH]c4ccccc34)NC(=O)OC(C)(C)C)ccc12. The Morgan fingerprint density at radius 3 is 2.50 bits per heavy atom. The Bertz CT molecular complexity index is 1810. The zero-order valence-corrected chi connectivity index (χ0v) is 22.9. The van der Waals surface area contributed by atoms with Crippen LogP contribution in [0, 0.1) is 6.92 Å². The van der Waals surface area contributed by atoms with E-state index in [9.17, 15) is 14.4 Å². The maximum Gasteiger partial charge on any atom is 0.408 e. The number of carbonyl (C=O) groups excluding carboxylic acids is 2. The van der Waals surface area contributed by atoms with Gasteiger partial charge in [-0.05, 0) is 69.7 Å². The summed E-state index contributed by atoms with van der Waals surface area (Å²) in [5.41, 5.74) is 1.24. The number of amides is 1. The molecule has 5 rings (SSSR count). The molecule has 2 N–H and O–H groups in total. The Morgan fingerprint density at radius 1 is 1.00 bits per heavy atom. The average Bonchev–Trinajstić information content (AvgIpc) is 3.32. The van der Waals surface area contributed by atoms with E-state index in [2.05, 4.69) is 10.3 Å². The molecule has 1 amide bonds. The predicted molar refractivity (Wildman–Crippen MR) is 152 cm³/mol. The lowest BCUT2D eigenvalue weighted by molar-refractivity contribution is -0.136.